The van der Waals surface area contributed by atoms with E-state index in [0.29, 0.717) is 50.2 Å². The summed E-state index contributed by atoms with van der Waals surface area (Å²) in [5, 5.41) is 21.9. The highest BCUT2D eigenvalue weighted by atomic mass is 35.5. The molecule has 13 heteroatoms. The molecule has 1 amide bonds. The second kappa shape index (κ2) is 11.2. The Labute approximate surface area is 247 Å². The maximum atomic E-state index is 13.9. The van der Waals surface area contributed by atoms with Gasteiger partial charge in [-0.25, -0.2) is 8.78 Å². The summed E-state index contributed by atoms with van der Waals surface area (Å²) in [6, 6.07) is 12.1. The summed E-state index contributed by atoms with van der Waals surface area (Å²) < 4.78 is 27.5. The number of anilines is 2. The standard InChI is InChI=1S/C28H23ClF2N6O2S2/c1-28(2)10-20-24(21(38)11-28)23(14-4-3-5-15(29)8-14)17(12-32)25(33)37(20)26-35-36-27(41-26)40-13-22(39)34-19-7-6-16(30)9-18(19)31/h3-9,23H,10-11,13,33H2,1-2H3,(H,34,39). The minimum Gasteiger partial charge on any atom is -0.384 e. The normalized spacial score (nSPS) is 18.3. The van der Waals surface area contributed by atoms with E-state index in [1.54, 1.807) is 23.1 Å². The van der Waals surface area contributed by atoms with Gasteiger partial charge in [0.2, 0.25) is 11.0 Å². The number of hydrogen-bond donors (Lipinski definition) is 2. The average molecular weight is 613 g/mol. The first-order chi connectivity index (χ1) is 19.5. The number of nitrogens with one attached hydrogen (secondary N) is 1. The van der Waals surface area contributed by atoms with Gasteiger partial charge in [0.15, 0.2) is 10.1 Å². The van der Waals surface area contributed by atoms with Crippen LogP contribution in [0.5, 0.6) is 0 Å². The van der Waals surface area contributed by atoms with Crippen LogP contribution in [0, 0.1) is 28.4 Å². The third-order valence-electron chi connectivity index (χ3n) is 6.68. The quantitative estimate of drug-likeness (QED) is 0.318. The lowest BCUT2D eigenvalue weighted by Gasteiger charge is -2.42. The predicted molar refractivity (Wildman–Crippen MR) is 154 cm³/mol. The number of nitrogens with zero attached hydrogens (tertiary/aromatic N) is 4. The van der Waals surface area contributed by atoms with Crippen LogP contribution in [0.1, 0.15) is 38.2 Å². The number of nitriles is 1. The third-order valence-corrected chi connectivity index (χ3v) is 8.96. The van der Waals surface area contributed by atoms with E-state index in [0.717, 1.165) is 35.2 Å². The van der Waals surface area contributed by atoms with Crippen molar-refractivity contribution >= 4 is 57.2 Å². The molecule has 5 rings (SSSR count). The van der Waals surface area contributed by atoms with Crippen molar-refractivity contribution in [2.45, 2.75) is 36.9 Å². The van der Waals surface area contributed by atoms with E-state index < -0.39 is 23.5 Å². The first-order valence-corrected chi connectivity index (χ1v) is 14.6. The van der Waals surface area contributed by atoms with E-state index in [1.165, 1.54) is 0 Å². The third kappa shape index (κ3) is 5.84. The SMILES string of the molecule is CC1(C)CC(=O)C2=C(C1)N(c1nnc(SCC(=O)Nc3ccc(F)cc3F)s1)C(N)=C(C#N)C2c1cccc(Cl)c1. The fourth-order valence-corrected chi connectivity index (χ4v) is 6.88. The molecule has 2 heterocycles. The number of nitrogens with two attached hydrogens (primary N) is 1. The fraction of sp³-hybridized carbons (Fsp3) is 0.250. The van der Waals surface area contributed by atoms with Crippen molar-refractivity contribution in [1.29, 1.82) is 5.26 Å². The molecule has 8 nitrogen and oxygen atoms in total. The van der Waals surface area contributed by atoms with E-state index in [4.69, 9.17) is 17.3 Å². The van der Waals surface area contributed by atoms with Crippen LogP contribution in [0.4, 0.5) is 19.6 Å². The van der Waals surface area contributed by atoms with Gasteiger partial charge in [-0.1, -0.05) is 60.7 Å². The van der Waals surface area contributed by atoms with E-state index in [-0.39, 0.29) is 34.0 Å². The minimum atomic E-state index is -0.882. The van der Waals surface area contributed by atoms with Gasteiger partial charge in [0.1, 0.15) is 17.5 Å². The van der Waals surface area contributed by atoms with Crippen LogP contribution in [-0.2, 0) is 9.59 Å². The number of Topliss-reactive ketones (excluding diaryl/α,β-unsaturated/α-hetero) is 1. The lowest BCUT2D eigenvalue weighted by Crippen LogP contribution is -2.42. The van der Waals surface area contributed by atoms with Gasteiger partial charge in [0.05, 0.1) is 29.0 Å². The summed E-state index contributed by atoms with van der Waals surface area (Å²) in [7, 11) is 0. The highest BCUT2D eigenvalue weighted by Gasteiger charge is 2.45. The Hall–Kier alpha value is -3.79. The van der Waals surface area contributed by atoms with Crippen molar-refractivity contribution in [3.63, 3.8) is 0 Å². The van der Waals surface area contributed by atoms with Crippen molar-refractivity contribution in [3.05, 3.63) is 87.3 Å². The van der Waals surface area contributed by atoms with Crippen molar-refractivity contribution in [2.24, 2.45) is 11.1 Å². The molecule has 0 radical (unpaired) electrons. The summed E-state index contributed by atoms with van der Waals surface area (Å²) in [6.45, 7) is 3.98. The molecule has 210 valence electrons. The summed E-state index contributed by atoms with van der Waals surface area (Å²) >= 11 is 8.47. The molecule has 0 bridgehead atoms. The van der Waals surface area contributed by atoms with Gasteiger partial charge < -0.3 is 11.1 Å². The van der Waals surface area contributed by atoms with Crippen molar-refractivity contribution in [2.75, 3.05) is 16.0 Å². The molecule has 1 aliphatic heterocycles. The smallest absolute Gasteiger partial charge is 0.234 e. The predicted octanol–water partition coefficient (Wildman–Crippen LogP) is 6.14. The van der Waals surface area contributed by atoms with Crippen LogP contribution in [-0.4, -0.2) is 27.6 Å². The number of benzene rings is 2. The van der Waals surface area contributed by atoms with Crippen molar-refractivity contribution < 1.29 is 18.4 Å². The topological polar surface area (TPSA) is 125 Å². The van der Waals surface area contributed by atoms with Gasteiger partial charge in [-0.2, -0.15) is 5.26 Å². The Balaban J connectivity index is 1.46. The van der Waals surface area contributed by atoms with Gasteiger partial charge in [0, 0.05) is 28.8 Å². The molecule has 1 unspecified atom stereocenters. The maximum absolute atomic E-state index is 13.9. The Kier molecular flexibility index (Phi) is 7.87. The zero-order valence-electron chi connectivity index (χ0n) is 21.9. The Bertz CT molecular complexity index is 1680. The van der Waals surface area contributed by atoms with Crippen molar-refractivity contribution in [1.82, 2.24) is 10.2 Å². The lowest BCUT2D eigenvalue weighted by atomic mass is 9.69. The minimum absolute atomic E-state index is 0.0877. The zero-order chi connectivity index (χ0) is 29.5. The molecule has 2 aliphatic rings. The second-order valence-corrected chi connectivity index (χ2v) is 13.0. The molecular formula is C28H23ClF2N6O2S2. The molecule has 3 N–H and O–H groups in total. The van der Waals surface area contributed by atoms with Gasteiger partial charge in [-0.15, -0.1) is 10.2 Å². The molecule has 2 aromatic carbocycles. The molecule has 1 aliphatic carbocycles. The molecule has 1 aromatic heterocycles. The number of ketones is 1. The van der Waals surface area contributed by atoms with Gasteiger partial charge in [0.25, 0.3) is 0 Å². The van der Waals surface area contributed by atoms with Crippen LogP contribution in [0.3, 0.4) is 0 Å². The van der Waals surface area contributed by atoms with E-state index in [2.05, 4.69) is 21.6 Å². The molecule has 3 aromatic rings. The van der Waals surface area contributed by atoms with E-state index in [9.17, 15) is 23.6 Å². The van der Waals surface area contributed by atoms with Crippen molar-refractivity contribution in [3.8, 4) is 6.07 Å². The number of carbonyl (C=O) groups excluding carboxylic acids is 2. The number of amides is 1. The van der Waals surface area contributed by atoms with Gasteiger partial charge in [-0.05, 0) is 41.7 Å². The average Bonchev–Trinajstić information content (AvgIpc) is 3.36. The van der Waals surface area contributed by atoms with Crippen LogP contribution in [0.2, 0.25) is 5.02 Å². The summed E-state index contributed by atoms with van der Waals surface area (Å²) in [6.07, 6.45) is 0.800. The number of allylic oxidation sites excluding steroid dienone is 3. The fourth-order valence-electron chi connectivity index (χ4n) is 5.00. The highest BCUT2D eigenvalue weighted by molar-refractivity contribution is 8.01. The number of rotatable bonds is 6. The maximum Gasteiger partial charge on any atom is 0.234 e. The lowest BCUT2D eigenvalue weighted by molar-refractivity contribution is -0.118. The number of aromatic nitrogens is 2. The first kappa shape index (κ1) is 28.7. The van der Waals surface area contributed by atoms with E-state index >= 15 is 0 Å². The van der Waals surface area contributed by atoms with Crippen LogP contribution >= 0.6 is 34.7 Å². The van der Waals surface area contributed by atoms with E-state index in [1.807, 2.05) is 19.9 Å². The monoisotopic (exact) mass is 612 g/mol. The second-order valence-electron chi connectivity index (χ2n) is 10.3. The zero-order valence-corrected chi connectivity index (χ0v) is 24.3. The number of thioether (sulfide) groups is 1. The summed E-state index contributed by atoms with van der Waals surface area (Å²) in [5.74, 6) is -2.89. The molecule has 41 heavy (non-hydrogen) atoms. The molecule has 1 atom stereocenters. The first-order valence-electron chi connectivity index (χ1n) is 12.4. The van der Waals surface area contributed by atoms with Crippen LogP contribution in [0.15, 0.2) is 69.5 Å². The molecule has 0 fully saturated rings. The number of carbonyl (C=O) groups is 2. The van der Waals surface area contributed by atoms with Gasteiger partial charge in [-0.3, -0.25) is 14.5 Å². The highest BCUT2D eigenvalue weighted by Crippen LogP contribution is 2.51. The van der Waals surface area contributed by atoms with Crippen LogP contribution in [0.25, 0.3) is 0 Å². The molecule has 0 saturated carbocycles. The Morgan fingerprint density at radius 2 is 2.05 bits per heavy atom. The number of halogens is 3. The summed E-state index contributed by atoms with van der Waals surface area (Å²) in [4.78, 5) is 27.6. The number of hydrogen-bond acceptors (Lipinski definition) is 9. The van der Waals surface area contributed by atoms with Crippen LogP contribution < -0.4 is 16.0 Å². The largest absolute Gasteiger partial charge is 0.384 e. The molecule has 0 saturated heterocycles. The van der Waals surface area contributed by atoms with Gasteiger partial charge >= 0.3 is 0 Å². The Morgan fingerprint density at radius 1 is 1.27 bits per heavy atom. The molecular weight excluding hydrogens is 590 g/mol. The summed E-state index contributed by atoms with van der Waals surface area (Å²) in [5.41, 5.74) is 8.13. The Morgan fingerprint density at radius 3 is 2.76 bits per heavy atom. The molecule has 0 spiro atoms.